The second-order valence-electron chi connectivity index (χ2n) is 4.02. The fourth-order valence-corrected chi connectivity index (χ4v) is 3.41. The van der Waals surface area contributed by atoms with Crippen molar-refractivity contribution in [1.82, 2.24) is 25.2 Å². The molecule has 0 saturated carbocycles. The maximum atomic E-state index is 11.9. The highest BCUT2D eigenvalue weighted by Gasteiger charge is 2.12. The Morgan fingerprint density at radius 1 is 1.36 bits per heavy atom. The first-order valence-corrected chi connectivity index (χ1v) is 8.69. The molecule has 22 heavy (non-hydrogen) atoms. The van der Waals surface area contributed by atoms with Crippen molar-refractivity contribution in [3.05, 3.63) is 40.3 Å². The number of tetrazole rings is 1. The molecule has 1 N–H and O–H groups in total. The monoisotopic (exact) mass is 396 g/mol. The van der Waals surface area contributed by atoms with Crippen molar-refractivity contribution >= 4 is 50.1 Å². The number of amides is 1. The van der Waals surface area contributed by atoms with Gasteiger partial charge in [0.1, 0.15) is 0 Å². The third kappa shape index (κ3) is 3.70. The summed E-state index contributed by atoms with van der Waals surface area (Å²) >= 11 is 5.92. The second kappa shape index (κ2) is 6.99. The maximum Gasteiger partial charge on any atom is 0.236 e. The number of rotatable bonds is 5. The van der Waals surface area contributed by atoms with Crippen LogP contribution in [0.25, 0.3) is 5.69 Å². The maximum absolute atomic E-state index is 11.9. The van der Waals surface area contributed by atoms with Gasteiger partial charge in [-0.2, -0.15) is 4.68 Å². The molecule has 0 spiro atoms. The molecule has 2 heterocycles. The quantitative estimate of drug-likeness (QED) is 0.667. The lowest BCUT2D eigenvalue weighted by molar-refractivity contribution is -0.113. The summed E-state index contributed by atoms with van der Waals surface area (Å²) in [5.41, 5.74) is 0.847. The molecule has 1 amide bonds. The number of para-hydroxylation sites is 1. The largest absolute Gasteiger partial charge is 0.301 e. The summed E-state index contributed by atoms with van der Waals surface area (Å²) in [4.78, 5) is 16.0. The molecular formula is C12H9BrN6OS2. The third-order valence-corrected chi connectivity index (χ3v) is 4.81. The summed E-state index contributed by atoms with van der Waals surface area (Å²) in [5, 5.41) is 15.4. The zero-order chi connectivity index (χ0) is 15.4. The number of carbonyl (C=O) groups is 1. The van der Waals surface area contributed by atoms with Gasteiger partial charge in [0.05, 0.1) is 21.4 Å². The van der Waals surface area contributed by atoms with E-state index < -0.39 is 0 Å². The van der Waals surface area contributed by atoms with Crippen LogP contribution < -0.4 is 5.32 Å². The summed E-state index contributed by atoms with van der Waals surface area (Å²) < 4.78 is 2.46. The van der Waals surface area contributed by atoms with Crippen LogP contribution in [0.3, 0.4) is 0 Å². The van der Waals surface area contributed by atoms with Crippen molar-refractivity contribution < 1.29 is 4.79 Å². The van der Waals surface area contributed by atoms with E-state index in [4.69, 9.17) is 0 Å². The van der Waals surface area contributed by atoms with Gasteiger partial charge >= 0.3 is 0 Å². The predicted octanol–water partition coefficient (Wildman–Crippen LogP) is 2.61. The number of aromatic nitrogens is 5. The first-order chi connectivity index (χ1) is 10.7. The molecule has 2 aromatic heterocycles. The van der Waals surface area contributed by atoms with E-state index >= 15 is 0 Å². The molecule has 0 aliphatic rings. The van der Waals surface area contributed by atoms with Crippen LogP contribution >= 0.6 is 39.0 Å². The average molecular weight is 397 g/mol. The molecular weight excluding hydrogens is 388 g/mol. The van der Waals surface area contributed by atoms with Gasteiger partial charge in [0, 0.05) is 0 Å². The molecule has 10 heteroatoms. The van der Waals surface area contributed by atoms with E-state index in [0.29, 0.717) is 10.3 Å². The van der Waals surface area contributed by atoms with Crippen LogP contribution in [0.2, 0.25) is 0 Å². The zero-order valence-electron chi connectivity index (χ0n) is 11.0. The Bertz CT molecular complexity index is 775. The SMILES string of the molecule is O=C(CSc1nnnn1-c1ccccc1)Nc1ncc(Br)s1. The Kier molecular flexibility index (Phi) is 4.80. The molecule has 112 valence electrons. The first kappa shape index (κ1) is 15.1. The molecule has 0 radical (unpaired) electrons. The zero-order valence-corrected chi connectivity index (χ0v) is 14.2. The highest BCUT2D eigenvalue weighted by molar-refractivity contribution is 9.11. The van der Waals surface area contributed by atoms with Crippen molar-refractivity contribution in [3.8, 4) is 5.69 Å². The lowest BCUT2D eigenvalue weighted by Crippen LogP contribution is -2.14. The van der Waals surface area contributed by atoms with Crippen LogP contribution in [-0.2, 0) is 4.79 Å². The molecule has 0 aliphatic carbocycles. The van der Waals surface area contributed by atoms with Crippen LogP contribution in [0, 0.1) is 0 Å². The van der Waals surface area contributed by atoms with E-state index in [9.17, 15) is 4.79 Å². The van der Waals surface area contributed by atoms with E-state index in [1.165, 1.54) is 23.1 Å². The molecule has 3 aromatic rings. The minimum Gasteiger partial charge on any atom is -0.301 e. The van der Waals surface area contributed by atoms with Gasteiger partial charge in [-0.1, -0.05) is 41.3 Å². The van der Waals surface area contributed by atoms with Gasteiger partial charge in [-0.25, -0.2) is 4.98 Å². The number of hydrogen-bond acceptors (Lipinski definition) is 7. The topological polar surface area (TPSA) is 85.6 Å². The molecule has 7 nitrogen and oxygen atoms in total. The molecule has 0 unspecified atom stereocenters. The Hall–Kier alpha value is -1.78. The third-order valence-electron chi connectivity index (χ3n) is 2.50. The highest BCUT2D eigenvalue weighted by atomic mass is 79.9. The predicted molar refractivity (Wildman–Crippen MR) is 88.3 cm³/mol. The molecule has 0 bridgehead atoms. The normalized spacial score (nSPS) is 10.6. The van der Waals surface area contributed by atoms with Gasteiger partial charge in [-0.3, -0.25) is 4.79 Å². The van der Waals surface area contributed by atoms with Gasteiger partial charge in [0.15, 0.2) is 5.13 Å². The molecule has 3 rings (SSSR count). The van der Waals surface area contributed by atoms with Gasteiger partial charge < -0.3 is 5.32 Å². The number of nitrogens with zero attached hydrogens (tertiary/aromatic N) is 5. The first-order valence-electron chi connectivity index (χ1n) is 6.10. The smallest absolute Gasteiger partial charge is 0.236 e. The second-order valence-corrected chi connectivity index (χ2v) is 7.37. The summed E-state index contributed by atoms with van der Waals surface area (Å²) in [6.07, 6.45) is 1.64. The minimum atomic E-state index is -0.158. The fourth-order valence-electron chi connectivity index (χ4n) is 1.60. The van der Waals surface area contributed by atoms with E-state index in [-0.39, 0.29) is 11.7 Å². The van der Waals surface area contributed by atoms with Crippen LogP contribution in [0.4, 0.5) is 5.13 Å². The Balaban J connectivity index is 1.63. The summed E-state index contributed by atoms with van der Waals surface area (Å²) in [6, 6.07) is 9.51. The van der Waals surface area contributed by atoms with Gasteiger partial charge in [0.2, 0.25) is 11.1 Å². The van der Waals surface area contributed by atoms with Crippen LogP contribution in [0.15, 0.2) is 45.5 Å². The molecule has 0 aliphatic heterocycles. The Morgan fingerprint density at radius 2 is 2.18 bits per heavy atom. The average Bonchev–Trinajstić information content (AvgIpc) is 3.15. The molecule has 0 saturated heterocycles. The highest BCUT2D eigenvalue weighted by Crippen LogP contribution is 2.24. The van der Waals surface area contributed by atoms with Gasteiger partial charge in [-0.05, 0) is 38.5 Å². The van der Waals surface area contributed by atoms with Crippen molar-refractivity contribution in [2.45, 2.75) is 5.16 Å². The summed E-state index contributed by atoms with van der Waals surface area (Å²) in [7, 11) is 0. The lowest BCUT2D eigenvalue weighted by Gasteiger charge is -2.03. The van der Waals surface area contributed by atoms with Crippen LogP contribution in [-0.4, -0.2) is 36.9 Å². The van der Waals surface area contributed by atoms with Gasteiger partial charge in [0.25, 0.3) is 0 Å². The van der Waals surface area contributed by atoms with Crippen molar-refractivity contribution in [2.75, 3.05) is 11.1 Å². The summed E-state index contributed by atoms with van der Waals surface area (Å²) in [5.74, 6) is 0.0409. The number of anilines is 1. The number of halogens is 1. The van der Waals surface area contributed by atoms with Gasteiger partial charge in [-0.15, -0.1) is 5.10 Å². The Labute approximate surface area is 142 Å². The van der Waals surface area contributed by atoms with Crippen LogP contribution in [0.1, 0.15) is 0 Å². The van der Waals surface area contributed by atoms with Crippen molar-refractivity contribution in [3.63, 3.8) is 0 Å². The molecule has 1 aromatic carbocycles. The molecule has 0 fully saturated rings. The number of benzene rings is 1. The van der Waals surface area contributed by atoms with Crippen molar-refractivity contribution in [1.29, 1.82) is 0 Å². The number of carbonyl (C=O) groups excluding carboxylic acids is 1. The van der Waals surface area contributed by atoms with E-state index in [0.717, 1.165) is 9.47 Å². The summed E-state index contributed by atoms with van der Waals surface area (Å²) in [6.45, 7) is 0. The van der Waals surface area contributed by atoms with E-state index in [1.807, 2.05) is 30.3 Å². The van der Waals surface area contributed by atoms with Crippen molar-refractivity contribution in [2.24, 2.45) is 0 Å². The standard InChI is InChI=1S/C12H9BrN6OS2/c13-9-6-14-11(22-9)15-10(20)7-21-12-16-17-18-19(12)8-4-2-1-3-5-8/h1-6H,7H2,(H,14,15,20). The fraction of sp³-hybridized carbons (Fsp3) is 0.0833. The number of thiazole rings is 1. The number of thioether (sulfide) groups is 1. The van der Waals surface area contributed by atoms with Crippen LogP contribution in [0.5, 0.6) is 0 Å². The van der Waals surface area contributed by atoms with E-state index in [1.54, 1.807) is 10.9 Å². The Morgan fingerprint density at radius 3 is 2.91 bits per heavy atom. The molecule has 0 atom stereocenters. The number of hydrogen-bond donors (Lipinski definition) is 1. The number of nitrogens with one attached hydrogen (secondary N) is 1. The minimum absolute atomic E-state index is 0.158. The van der Waals surface area contributed by atoms with E-state index in [2.05, 4.69) is 41.8 Å². The lowest BCUT2D eigenvalue weighted by atomic mass is 10.3.